The van der Waals surface area contributed by atoms with Gasteiger partial charge in [0.15, 0.2) is 0 Å². The SMILES string of the molecule is O=C(NCc1ccccc1Cn1cccn1)Nc1ccccc1CN1CCOCC1. The maximum atomic E-state index is 12.6. The summed E-state index contributed by atoms with van der Waals surface area (Å²) in [5.41, 5.74) is 4.15. The Labute approximate surface area is 176 Å². The third-order valence-corrected chi connectivity index (χ3v) is 5.21. The van der Waals surface area contributed by atoms with E-state index in [1.807, 2.05) is 53.3 Å². The van der Waals surface area contributed by atoms with Gasteiger partial charge >= 0.3 is 6.03 Å². The number of rotatable bonds is 7. The highest BCUT2D eigenvalue weighted by molar-refractivity contribution is 5.90. The zero-order valence-electron chi connectivity index (χ0n) is 17.0. The topological polar surface area (TPSA) is 71.4 Å². The maximum absolute atomic E-state index is 12.6. The number of aromatic nitrogens is 2. The van der Waals surface area contributed by atoms with E-state index in [1.165, 1.54) is 0 Å². The third-order valence-electron chi connectivity index (χ3n) is 5.21. The maximum Gasteiger partial charge on any atom is 0.319 e. The molecule has 2 amide bonds. The highest BCUT2D eigenvalue weighted by Crippen LogP contribution is 2.18. The van der Waals surface area contributed by atoms with E-state index in [1.54, 1.807) is 6.20 Å². The van der Waals surface area contributed by atoms with Crippen LogP contribution in [0.1, 0.15) is 16.7 Å². The summed E-state index contributed by atoms with van der Waals surface area (Å²) in [6.07, 6.45) is 3.70. The Hall–Kier alpha value is -3.16. The van der Waals surface area contributed by atoms with Crippen LogP contribution in [0.3, 0.4) is 0 Å². The number of amides is 2. The lowest BCUT2D eigenvalue weighted by molar-refractivity contribution is 0.0343. The number of urea groups is 1. The Bertz CT molecular complexity index is 952. The molecule has 0 unspecified atom stereocenters. The van der Waals surface area contributed by atoms with Crippen molar-refractivity contribution in [2.45, 2.75) is 19.6 Å². The van der Waals surface area contributed by atoms with Crippen LogP contribution in [-0.2, 0) is 24.4 Å². The van der Waals surface area contributed by atoms with E-state index in [-0.39, 0.29) is 6.03 Å². The van der Waals surface area contributed by atoms with Gasteiger partial charge < -0.3 is 15.4 Å². The third kappa shape index (κ3) is 5.46. The predicted octanol–water partition coefficient (Wildman–Crippen LogP) is 3.09. The smallest absolute Gasteiger partial charge is 0.319 e. The summed E-state index contributed by atoms with van der Waals surface area (Å²) in [4.78, 5) is 14.9. The van der Waals surface area contributed by atoms with Gasteiger partial charge in [-0.2, -0.15) is 5.10 Å². The molecule has 2 N–H and O–H groups in total. The van der Waals surface area contributed by atoms with E-state index in [4.69, 9.17) is 4.74 Å². The molecule has 2 aromatic carbocycles. The van der Waals surface area contributed by atoms with Crippen molar-refractivity contribution in [3.63, 3.8) is 0 Å². The Morgan fingerprint density at radius 2 is 1.67 bits per heavy atom. The molecule has 4 rings (SSSR count). The van der Waals surface area contributed by atoms with Crippen LogP contribution in [0, 0.1) is 0 Å². The highest BCUT2D eigenvalue weighted by atomic mass is 16.5. The number of benzene rings is 2. The number of nitrogens with one attached hydrogen (secondary N) is 2. The molecular weight excluding hydrogens is 378 g/mol. The first-order chi connectivity index (χ1) is 14.8. The molecule has 0 radical (unpaired) electrons. The van der Waals surface area contributed by atoms with E-state index in [0.717, 1.165) is 55.2 Å². The van der Waals surface area contributed by atoms with Crippen molar-refractivity contribution in [2.75, 3.05) is 31.6 Å². The number of carbonyl (C=O) groups excluding carboxylic acids is 1. The average Bonchev–Trinajstić information content (AvgIpc) is 3.28. The number of carbonyl (C=O) groups is 1. The molecule has 0 saturated carbocycles. The molecule has 1 aliphatic heterocycles. The first-order valence-electron chi connectivity index (χ1n) is 10.2. The number of para-hydroxylation sites is 1. The molecule has 0 atom stereocenters. The van der Waals surface area contributed by atoms with Gasteiger partial charge in [0.2, 0.25) is 0 Å². The fourth-order valence-corrected chi connectivity index (χ4v) is 3.58. The van der Waals surface area contributed by atoms with Gasteiger partial charge in [-0.3, -0.25) is 9.58 Å². The molecule has 1 aromatic heterocycles. The van der Waals surface area contributed by atoms with Gasteiger partial charge in [0.1, 0.15) is 0 Å². The van der Waals surface area contributed by atoms with Crippen LogP contribution in [0.25, 0.3) is 0 Å². The van der Waals surface area contributed by atoms with Gasteiger partial charge in [-0.25, -0.2) is 4.79 Å². The molecule has 0 aliphatic carbocycles. The van der Waals surface area contributed by atoms with Crippen molar-refractivity contribution in [1.82, 2.24) is 20.0 Å². The van der Waals surface area contributed by atoms with Gasteiger partial charge in [0.05, 0.1) is 19.8 Å². The second kappa shape index (κ2) is 10.0. The van der Waals surface area contributed by atoms with Crippen molar-refractivity contribution in [3.05, 3.63) is 83.7 Å². The average molecular weight is 406 g/mol. The Morgan fingerprint density at radius 1 is 0.933 bits per heavy atom. The Morgan fingerprint density at radius 3 is 2.43 bits per heavy atom. The molecule has 0 spiro atoms. The number of hydrogen-bond acceptors (Lipinski definition) is 4. The molecule has 3 aromatic rings. The van der Waals surface area contributed by atoms with Crippen LogP contribution < -0.4 is 10.6 Å². The van der Waals surface area contributed by atoms with Crippen molar-refractivity contribution < 1.29 is 9.53 Å². The van der Waals surface area contributed by atoms with Gasteiger partial charge in [0.25, 0.3) is 0 Å². The molecule has 2 heterocycles. The lowest BCUT2D eigenvalue weighted by Crippen LogP contribution is -2.36. The van der Waals surface area contributed by atoms with Gasteiger partial charge in [0, 0.05) is 44.3 Å². The standard InChI is InChI=1S/C23H27N5O2/c29-23(24-16-19-6-1-2-7-20(19)18-28-11-5-10-25-28)26-22-9-4-3-8-21(22)17-27-12-14-30-15-13-27/h1-11H,12-18H2,(H2,24,26,29). The summed E-state index contributed by atoms with van der Waals surface area (Å²) < 4.78 is 7.30. The summed E-state index contributed by atoms with van der Waals surface area (Å²) in [5, 5.41) is 10.3. The number of morpholine rings is 1. The summed E-state index contributed by atoms with van der Waals surface area (Å²) in [6.45, 7) is 5.26. The van der Waals surface area contributed by atoms with Crippen molar-refractivity contribution >= 4 is 11.7 Å². The van der Waals surface area contributed by atoms with Crippen molar-refractivity contribution in [3.8, 4) is 0 Å². The summed E-state index contributed by atoms with van der Waals surface area (Å²) >= 11 is 0. The molecule has 156 valence electrons. The van der Waals surface area contributed by atoms with E-state index in [0.29, 0.717) is 13.1 Å². The fraction of sp³-hybridized carbons (Fsp3) is 0.304. The Balaban J connectivity index is 1.36. The number of hydrogen-bond donors (Lipinski definition) is 2. The van der Waals surface area contributed by atoms with E-state index < -0.39 is 0 Å². The second-order valence-corrected chi connectivity index (χ2v) is 7.33. The fourth-order valence-electron chi connectivity index (χ4n) is 3.58. The van der Waals surface area contributed by atoms with E-state index in [9.17, 15) is 4.79 Å². The first kappa shape index (κ1) is 20.1. The van der Waals surface area contributed by atoms with Crippen LogP contribution in [0.2, 0.25) is 0 Å². The van der Waals surface area contributed by atoms with Crippen molar-refractivity contribution in [2.24, 2.45) is 0 Å². The van der Waals surface area contributed by atoms with Crippen LogP contribution in [0.4, 0.5) is 10.5 Å². The summed E-state index contributed by atoms with van der Waals surface area (Å²) in [6, 6.07) is 17.7. The van der Waals surface area contributed by atoms with Crippen LogP contribution in [0.15, 0.2) is 67.0 Å². The summed E-state index contributed by atoms with van der Waals surface area (Å²) in [7, 11) is 0. The summed E-state index contributed by atoms with van der Waals surface area (Å²) in [5.74, 6) is 0. The molecule has 7 heteroatoms. The van der Waals surface area contributed by atoms with Crippen molar-refractivity contribution in [1.29, 1.82) is 0 Å². The van der Waals surface area contributed by atoms with Crippen LogP contribution >= 0.6 is 0 Å². The van der Waals surface area contributed by atoms with Crippen LogP contribution in [0.5, 0.6) is 0 Å². The van der Waals surface area contributed by atoms with Gasteiger partial charge in [-0.1, -0.05) is 42.5 Å². The highest BCUT2D eigenvalue weighted by Gasteiger charge is 2.14. The molecule has 1 fully saturated rings. The van der Waals surface area contributed by atoms with Gasteiger partial charge in [-0.15, -0.1) is 0 Å². The molecule has 1 aliphatic rings. The normalized spacial score (nSPS) is 14.4. The van der Waals surface area contributed by atoms with E-state index in [2.05, 4.69) is 32.8 Å². The lowest BCUT2D eigenvalue weighted by atomic mass is 10.1. The quantitative estimate of drug-likeness (QED) is 0.634. The zero-order valence-corrected chi connectivity index (χ0v) is 17.0. The monoisotopic (exact) mass is 405 g/mol. The molecular formula is C23H27N5O2. The molecule has 7 nitrogen and oxygen atoms in total. The predicted molar refractivity (Wildman–Crippen MR) is 116 cm³/mol. The Kier molecular flexibility index (Phi) is 6.74. The molecule has 30 heavy (non-hydrogen) atoms. The van der Waals surface area contributed by atoms with E-state index >= 15 is 0 Å². The minimum atomic E-state index is -0.210. The largest absolute Gasteiger partial charge is 0.379 e. The minimum absolute atomic E-state index is 0.210. The second-order valence-electron chi connectivity index (χ2n) is 7.33. The number of nitrogens with zero attached hydrogens (tertiary/aromatic N) is 3. The first-order valence-corrected chi connectivity index (χ1v) is 10.2. The number of ether oxygens (including phenoxy) is 1. The molecule has 1 saturated heterocycles. The van der Waals surface area contributed by atoms with Crippen LogP contribution in [-0.4, -0.2) is 47.0 Å². The number of anilines is 1. The van der Waals surface area contributed by atoms with Gasteiger partial charge in [-0.05, 0) is 28.8 Å². The molecule has 0 bridgehead atoms. The zero-order chi connectivity index (χ0) is 20.6. The lowest BCUT2D eigenvalue weighted by Gasteiger charge is -2.27. The minimum Gasteiger partial charge on any atom is -0.379 e.